The molecule has 1 rings (SSSR count). The normalized spacial score (nSPS) is 31.6. The van der Waals surface area contributed by atoms with Crippen LogP contribution < -0.4 is 0 Å². The molecule has 0 spiro atoms. The molecule has 0 radical (unpaired) electrons. The highest BCUT2D eigenvalue weighted by atomic mass is 16.5. The van der Waals surface area contributed by atoms with Crippen molar-refractivity contribution >= 4 is 5.97 Å². The Morgan fingerprint density at radius 2 is 2.25 bits per heavy atom. The van der Waals surface area contributed by atoms with Gasteiger partial charge < -0.3 is 9.84 Å². The number of carbonyl (C=O) groups is 1. The number of hydrogen-bond acceptors (Lipinski definition) is 3. The minimum absolute atomic E-state index is 0.118. The number of esters is 1. The van der Waals surface area contributed by atoms with Crippen molar-refractivity contribution in [2.24, 2.45) is 11.8 Å². The van der Waals surface area contributed by atoms with Crippen LogP contribution in [0.3, 0.4) is 0 Å². The van der Waals surface area contributed by atoms with Crippen LogP contribution in [0.15, 0.2) is 0 Å². The molecule has 1 saturated carbocycles. The monoisotopic (exact) mass is 172 g/mol. The van der Waals surface area contributed by atoms with Crippen LogP contribution in [0.4, 0.5) is 0 Å². The highest BCUT2D eigenvalue weighted by Gasteiger charge is 2.32. The molecule has 70 valence electrons. The van der Waals surface area contributed by atoms with Gasteiger partial charge in [0, 0.05) is 0 Å². The summed E-state index contributed by atoms with van der Waals surface area (Å²) < 4.78 is 4.47. The molecule has 3 heteroatoms. The number of methoxy groups -OCH3 is 1. The predicted molar refractivity (Wildman–Crippen MR) is 44.5 cm³/mol. The van der Waals surface area contributed by atoms with E-state index in [0.29, 0.717) is 5.92 Å². The third-order valence-electron chi connectivity index (χ3n) is 2.62. The SMILES string of the molecule is COC(=O)C(O)C1CCC(C)C1. The van der Waals surface area contributed by atoms with Crippen LogP contribution >= 0.6 is 0 Å². The largest absolute Gasteiger partial charge is 0.467 e. The molecule has 12 heavy (non-hydrogen) atoms. The van der Waals surface area contributed by atoms with Crippen molar-refractivity contribution in [3.63, 3.8) is 0 Å². The second kappa shape index (κ2) is 3.90. The molecule has 3 nitrogen and oxygen atoms in total. The summed E-state index contributed by atoms with van der Waals surface area (Å²) in [6, 6.07) is 0. The Kier molecular flexibility index (Phi) is 3.09. The molecule has 0 bridgehead atoms. The highest BCUT2D eigenvalue weighted by molar-refractivity contribution is 5.74. The molecule has 1 N–H and O–H groups in total. The number of rotatable bonds is 2. The Hall–Kier alpha value is -0.570. The summed E-state index contributed by atoms with van der Waals surface area (Å²) in [5, 5.41) is 9.46. The van der Waals surface area contributed by atoms with Gasteiger partial charge >= 0.3 is 5.97 Å². The smallest absolute Gasteiger partial charge is 0.334 e. The quantitative estimate of drug-likeness (QED) is 0.631. The zero-order valence-electron chi connectivity index (χ0n) is 7.62. The first-order chi connectivity index (χ1) is 5.65. The Morgan fingerprint density at radius 3 is 2.67 bits per heavy atom. The first kappa shape index (κ1) is 9.52. The number of aliphatic hydroxyl groups excluding tert-OH is 1. The van der Waals surface area contributed by atoms with Crippen LogP contribution in [-0.4, -0.2) is 24.3 Å². The summed E-state index contributed by atoms with van der Waals surface area (Å²) in [6.45, 7) is 2.14. The van der Waals surface area contributed by atoms with Gasteiger partial charge in [-0.25, -0.2) is 4.79 Å². The molecular formula is C9H16O3. The Bertz CT molecular complexity index is 167. The summed E-state index contributed by atoms with van der Waals surface area (Å²) in [7, 11) is 1.31. The van der Waals surface area contributed by atoms with Crippen molar-refractivity contribution < 1.29 is 14.6 Å². The van der Waals surface area contributed by atoms with Gasteiger partial charge in [0.2, 0.25) is 0 Å². The molecule has 0 aliphatic heterocycles. The fourth-order valence-corrected chi connectivity index (χ4v) is 1.85. The van der Waals surface area contributed by atoms with E-state index in [-0.39, 0.29) is 5.92 Å². The zero-order valence-corrected chi connectivity index (χ0v) is 7.62. The van der Waals surface area contributed by atoms with Crippen molar-refractivity contribution in [2.75, 3.05) is 7.11 Å². The lowest BCUT2D eigenvalue weighted by molar-refractivity contribution is -0.153. The molecular weight excluding hydrogens is 156 g/mol. The standard InChI is InChI=1S/C9H16O3/c1-6-3-4-7(5-6)8(10)9(11)12-2/h6-8,10H,3-5H2,1-2H3. The molecule has 3 unspecified atom stereocenters. The van der Waals surface area contributed by atoms with Crippen molar-refractivity contribution in [1.29, 1.82) is 0 Å². The van der Waals surface area contributed by atoms with Crippen LogP contribution in [0.2, 0.25) is 0 Å². The highest BCUT2D eigenvalue weighted by Crippen LogP contribution is 2.32. The van der Waals surface area contributed by atoms with E-state index in [1.165, 1.54) is 7.11 Å². The van der Waals surface area contributed by atoms with Crippen LogP contribution in [0.1, 0.15) is 26.2 Å². The third-order valence-corrected chi connectivity index (χ3v) is 2.62. The van der Waals surface area contributed by atoms with Gasteiger partial charge in [0.1, 0.15) is 0 Å². The average molecular weight is 172 g/mol. The van der Waals surface area contributed by atoms with Gasteiger partial charge in [-0.3, -0.25) is 0 Å². The lowest BCUT2D eigenvalue weighted by atomic mass is 10.00. The topological polar surface area (TPSA) is 46.5 Å². The molecule has 0 aromatic heterocycles. The predicted octanol–water partition coefficient (Wildman–Crippen LogP) is 0.956. The van der Waals surface area contributed by atoms with Gasteiger partial charge in [-0.05, 0) is 24.7 Å². The van der Waals surface area contributed by atoms with Crippen LogP contribution in [0.25, 0.3) is 0 Å². The van der Waals surface area contributed by atoms with E-state index in [1.807, 2.05) is 0 Å². The molecule has 1 aliphatic rings. The zero-order chi connectivity index (χ0) is 9.14. The van der Waals surface area contributed by atoms with E-state index < -0.39 is 12.1 Å². The molecule has 3 atom stereocenters. The van der Waals surface area contributed by atoms with Crippen LogP contribution in [0.5, 0.6) is 0 Å². The van der Waals surface area contributed by atoms with Crippen molar-refractivity contribution in [3.8, 4) is 0 Å². The lowest BCUT2D eigenvalue weighted by Gasteiger charge is -2.14. The molecule has 0 saturated heterocycles. The molecule has 1 aliphatic carbocycles. The Morgan fingerprint density at radius 1 is 1.58 bits per heavy atom. The lowest BCUT2D eigenvalue weighted by Crippen LogP contribution is -2.29. The molecule has 0 aromatic carbocycles. The van der Waals surface area contributed by atoms with Gasteiger partial charge in [-0.2, -0.15) is 0 Å². The Labute approximate surface area is 72.7 Å². The fourth-order valence-electron chi connectivity index (χ4n) is 1.85. The summed E-state index contributed by atoms with van der Waals surface area (Å²) >= 11 is 0. The van der Waals surface area contributed by atoms with Gasteiger partial charge in [0.25, 0.3) is 0 Å². The van der Waals surface area contributed by atoms with Crippen LogP contribution in [-0.2, 0) is 9.53 Å². The van der Waals surface area contributed by atoms with E-state index >= 15 is 0 Å². The first-order valence-electron chi connectivity index (χ1n) is 4.41. The number of aliphatic hydroxyl groups is 1. The van der Waals surface area contributed by atoms with E-state index in [9.17, 15) is 9.90 Å². The molecule has 0 amide bonds. The second-order valence-corrected chi connectivity index (χ2v) is 3.65. The van der Waals surface area contributed by atoms with E-state index in [1.54, 1.807) is 0 Å². The second-order valence-electron chi connectivity index (χ2n) is 3.65. The van der Waals surface area contributed by atoms with Gasteiger partial charge in [-0.1, -0.05) is 13.3 Å². The van der Waals surface area contributed by atoms with Gasteiger partial charge in [0.05, 0.1) is 7.11 Å². The number of carbonyl (C=O) groups excluding carboxylic acids is 1. The number of hydrogen-bond donors (Lipinski definition) is 1. The molecule has 1 fully saturated rings. The number of ether oxygens (including phenoxy) is 1. The van der Waals surface area contributed by atoms with Crippen molar-refractivity contribution in [3.05, 3.63) is 0 Å². The molecule has 0 heterocycles. The maximum absolute atomic E-state index is 10.9. The maximum atomic E-state index is 10.9. The van der Waals surface area contributed by atoms with Gasteiger partial charge in [-0.15, -0.1) is 0 Å². The van der Waals surface area contributed by atoms with E-state index in [4.69, 9.17) is 0 Å². The average Bonchev–Trinajstić information content (AvgIpc) is 2.49. The first-order valence-corrected chi connectivity index (χ1v) is 4.41. The van der Waals surface area contributed by atoms with E-state index in [2.05, 4.69) is 11.7 Å². The van der Waals surface area contributed by atoms with Crippen LogP contribution in [0, 0.1) is 11.8 Å². The van der Waals surface area contributed by atoms with Crippen molar-refractivity contribution in [2.45, 2.75) is 32.3 Å². The maximum Gasteiger partial charge on any atom is 0.334 e. The third kappa shape index (κ3) is 1.97. The van der Waals surface area contributed by atoms with Gasteiger partial charge in [0.15, 0.2) is 6.10 Å². The summed E-state index contributed by atoms with van der Waals surface area (Å²) in [5.74, 6) is 0.260. The summed E-state index contributed by atoms with van der Waals surface area (Å²) in [6.07, 6.45) is 2.09. The molecule has 0 aromatic rings. The Balaban J connectivity index is 2.42. The van der Waals surface area contributed by atoms with E-state index in [0.717, 1.165) is 19.3 Å². The summed E-state index contributed by atoms with van der Waals surface area (Å²) in [4.78, 5) is 10.9. The fraction of sp³-hybridized carbons (Fsp3) is 0.889. The minimum Gasteiger partial charge on any atom is -0.467 e. The minimum atomic E-state index is -0.903. The van der Waals surface area contributed by atoms with Crippen molar-refractivity contribution in [1.82, 2.24) is 0 Å². The summed E-state index contributed by atoms with van der Waals surface area (Å²) in [5.41, 5.74) is 0.